The molecule has 4 nitrogen and oxygen atoms in total. The minimum absolute atomic E-state index is 0.156. The molecule has 0 fully saturated rings. The van der Waals surface area contributed by atoms with Gasteiger partial charge in [0.1, 0.15) is 13.2 Å². The van der Waals surface area contributed by atoms with Crippen molar-refractivity contribution in [2.45, 2.75) is 64.2 Å². The molecule has 0 heterocycles. The van der Waals surface area contributed by atoms with Crippen LogP contribution >= 0.6 is 0 Å². The zero-order valence-electron chi connectivity index (χ0n) is 14.4. The summed E-state index contributed by atoms with van der Waals surface area (Å²) in [5.74, 6) is -0.312. The van der Waals surface area contributed by atoms with Crippen LogP contribution in [-0.2, 0) is 19.1 Å². The van der Waals surface area contributed by atoms with E-state index in [1.807, 2.05) is 12.2 Å². The number of carbonyl (C=O) groups is 2. The van der Waals surface area contributed by atoms with Crippen LogP contribution in [-0.4, -0.2) is 25.2 Å². The third kappa shape index (κ3) is 7.62. The minimum Gasteiger partial charge on any atom is -0.461 e. The number of allylic oxidation sites excluding steroid dienone is 4. The molecule has 2 rings (SSSR count). The third-order valence-corrected chi connectivity index (χ3v) is 4.30. The van der Waals surface area contributed by atoms with Gasteiger partial charge in [-0.1, -0.05) is 24.3 Å². The second-order valence-corrected chi connectivity index (χ2v) is 6.38. The Labute approximate surface area is 144 Å². The quantitative estimate of drug-likeness (QED) is 0.439. The molecule has 0 N–H and O–H groups in total. The molecule has 4 heteroatoms. The lowest BCUT2D eigenvalue weighted by Gasteiger charge is -2.04. The van der Waals surface area contributed by atoms with E-state index in [1.165, 1.54) is 24.0 Å². The van der Waals surface area contributed by atoms with E-state index in [9.17, 15) is 9.59 Å². The molecule has 0 aromatic carbocycles. The van der Waals surface area contributed by atoms with Gasteiger partial charge in [0.25, 0.3) is 0 Å². The summed E-state index contributed by atoms with van der Waals surface area (Å²) in [6.45, 7) is 0.898. The van der Waals surface area contributed by atoms with E-state index in [2.05, 4.69) is 12.2 Å². The van der Waals surface area contributed by atoms with Gasteiger partial charge < -0.3 is 9.47 Å². The average Bonchev–Trinajstić information content (AvgIpc) is 3.27. The first kappa shape index (κ1) is 18.5. The van der Waals surface area contributed by atoms with Crippen molar-refractivity contribution in [1.82, 2.24) is 0 Å². The van der Waals surface area contributed by atoms with E-state index in [1.54, 1.807) is 0 Å². The first-order chi connectivity index (χ1) is 11.7. The monoisotopic (exact) mass is 332 g/mol. The topological polar surface area (TPSA) is 52.6 Å². The molecule has 0 amide bonds. The molecular formula is C20H28O4. The Hall–Kier alpha value is -1.84. The van der Waals surface area contributed by atoms with Crippen LogP contribution in [0.4, 0.5) is 0 Å². The fraction of sp³-hybridized carbons (Fsp3) is 0.600. The molecule has 0 spiro atoms. The molecule has 0 aromatic rings. The maximum atomic E-state index is 11.6. The summed E-state index contributed by atoms with van der Waals surface area (Å²) in [6, 6.07) is 0. The Morgan fingerprint density at radius 1 is 0.833 bits per heavy atom. The normalized spacial score (nSPS) is 17.0. The molecule has 0 radical (unpaired) electrons. The van der Waals surface area contributed by atoms with E-state index >= 15 is 0 Å². The summed E-state index contributed by atoms with van der Waals surface area (Å²) < 4.78 is 10.5. The van der Waals surface area contributed by atoms with Crippen LogP contribution in [0.2, 0.25) is 0 Å². The van der Waals surface area contributed by atoms with Crippen LogP contribution in [0.3, 0.4) is 0 Å². The maximum absolute atomic E-state index is 11.6. The molecule has 0 atom stereocenters. The van der Waals surface area contributed by atoms with Crippen LogP contribution in [0.5, 0.6) is 0 Å². The second kappa shape index (κ2) is 10.8. The number of carbonyl (C=O) groups excluding carboxylic acids is 2. The lowest BCUT2D eigenvalue weighted by molar-refractivity contribution is -0.143. The van der Waals surface area contributed by atoms with Gasteiger partial charge in [0, 0.05) is 12.8 Å². The predicted molar refractivity (Wildman–Crippen MR) is 93.4 cm³/mol. The molecule has 24 heavy (non-hydrogen) atoms. The Morgan fingerprint density at radius 2 is 1.29 bits per heavy atom. The zero-order chi connectivity index (χ0) is 17.0. The van der Waals surface area contributed by atoms with E-state index in [4.69, 9.17) is 9.47 Å². The molecule has 2 aliphatic rings. The summed E-state index contributed by atoms with van der Waals surface area (Å²) >= 11 is 0. The van der Waals surface area contributed by atoms with Gasteiger partial charge in [0.15, 0.2) is 0 Å². The second-order valence-electron chi connectivity index (χ2n) is 6.38. The summed E-state index contributed by atoms with van der Waals surface area (Å²) in [6.07, 6.45) is 17.0. The molecule has 0 saturated heterocycles. The van der Waals surface area contributed by atoms with Gasteiger partial charge in [-0.15, -0.1) is 0 Å². The van der Waals surface area contributed by atoms with Crippen LogP contribution in [0, 0.1) is 0 Å². The van der Waals surface area contributed by atoms with Gasteiger partial charge in [0.05, 0.1) is 0 Å². The molecular weight excluding hydrogens is 304 g/mol. The van der Waals surface area contributed by atoms with Gasteiger partial charge in [-0.2, -0.15) is 0 Å². The lowest BCUT2D eigenvalue weighted by atomic mass is 10.2. The van der Waals surface area contributed by atoms with Gasteiger partial charge >= 0.3 is 11.9 Å². The van der Waals surface area contributed by atoms with Crippen LogP contribution in [0.1, 0.15) is 64.2 Å². The number of rotatable bonds is 10. The van der Waals surface area contributed by atoms with Gasteiger partial charge in [-0.05, 0) is 62.5 Å². The van der Waals surface area contributed by atoms with E-state index in [-0.39, 0.29) is 11.9 Å². The average molecular weight is 332 g/mol. The van der Waals surface area contributed by atoms with Crippen molar-refractivity contribution in [3.05, 3.63) is 35.5 Å². The predicted octanol–water partition coefficient (Wildman–Crippen LogP) is 4.41. The van der Waals surface area contributed by atoms with Gasteiger partial charge in [0.2, 0.25) is 0 Å². The van der Waals surface area contributed by atoms with Crippen molar-refractivity contribution in [3.8, 4) is 0 Å². The first-order valence-corrected chi connectivity index (χ1v) is 9.06. The summed E-state index contributed by atoms with van der Waals surface area (Å²) in [5, 5.41) is 0. The van der Waals surface area contributed by atoms with Crippen LogP contribution < -0.4 is 0 Å². The fourth-order valence-electron chi connectivity index (χ4n) is 2.87. The molecule has 0 aromatic heterocycles. The van der Waals surface area contributed by atoms with E-state index in [0.717, 1.165) is 25.7 Å². The van der Waals surface area contributed by atoms with E-state index in [0.29, 0.717) is 38.9 Å². The summed E-state index contributed by atoms with van der Waals surface area (Å²) in [7, 11) is 0. The van der Waals surface area contributed by atoms with Crippen molar-refractivity contribution in [2.75, 3.05) is 13.2 Å². The molecule has 0 aliphatic heterocycles. The van der Waals surface area contributed by atoms with Crippen molar-refractivity contribution >= 4 is 11.9 Å². The molecule has 2 aliphatic carbocycles. The largest absolute Gasteiger partial charge is 0.461 e. The van der Waals surface area contributed by atoms with Crippen molar-refractivity contribution < 1.29 is 19.1 Å². The zero-order valence-corrected chi connectivity index (χ0v) is 14.4. The Bertz CT molecular complexity index is 468. The van der Waals surface area contributed by atoms with E-state index < -0.39 is 0 Å². The van der Waals surface area contributed by atoms with Crippen molar-refractivity contribution in [3.63, 3.8) is 0 Å². The Balaban J connectivity index is 1.45. The highest BCUT2D eigenvalue weighted by Crippen LogP contribution is 2.18. The molecule has 0 bridgehead atoms. The Kier molecular flexibility index (Phi) is 8.36. The van der Waals surface area contributed by atoms with Gasteiger partial charge in [-0.3, -0.25) is 9.59 Å². The fourth-order valence-corrected chi connectivity index (χ4v) is 2.87. The highest BCUT2D eigenvalue weighted by molar-refractivity contribution is 5.70. The SMILES string of the molecule is O=C(CC/C=C/CCC(=O)OCC1=CCCC1)OCC1=CCCC1. The molecule has 0 saturated carbocycles. The number of hydrogen-bond acceptors (Lipinski definition) is 4. The highest BCUT2D eigenvalue weighted by atomic mass is 16.5. The van der Waals surface area contributed by atoms with Gasteiger partial charge in [-0.25, -0.2) is 0 Å². The van der Waals surface area contributed by atoms with Crippen molar-refractivity contribution in [1.29, 1.82) is 0 Å². The van der Waals surface area contributed by atoms with Crippen LogP contribution in [0.25, 0.3) is 0 Å². The number of esters is 2. The first-order valence-electron chi connectivity index (χ1n) is 9.06. The summed E-state index contributed by atoms with van der Waals surface area (Å²) in [4.78, 5) is 23.2. The molecule has 0 unspecified atom stereocenters. The number of hydrogen-bond donors (Lipinski definition) is 0. The smallest absolute Gasteiger partial charge is 0.306 e. The van der Waals surface area contributed by atoms with Crippen molar-refractivity contribution in [2.24, 2.45) is 0 Å². The highest BCUT2D eigenvalue weighted by Gasteiger charge is 2.08. The third-order valence-electron chi connectivity index (χ3n) is 4.30. The summed E-state index contributed by atoms with van der Waals surface area (Å²) in [5.41, 5.74) is 2.48. The molecule has 132 valence electrons. The minimum atomic E-state index is -0.156. The standard InChI is InChI=1S/C20H28O4/c21-19(23-15-17-9-5-6-10-17)13-3-1-2-4-14-20(22)24-16-18-11-7-8-12-18/h1-2,9,11H,3-8,10,12-16H2/b2-1+. The lowest BCUT2D eigenvalue weighted by Crippen LogP contribution is -2.06. The maximum Gasteiger partial charge on any atom is 0.306 e. The van der Waals surface area contributed by atoms with Crippen LogP contribution in [0.15, 0.2) is 35.5 Å². The Morgan fingerprint density at radius 3 is 1.67 bits per heavy atom. The number of ether oxygens (including phenoxy) is 2.